The third-order valence-corrected chi connectivity index (χ3v) is 4.01. The van der Waals surface area contributed by atoms with Gasteiger partial charge >= 0.3 is 7.94 Å². The van der Waals surface area contributed by atoms with Crippen molar-refractivity contribution in [1.29, 1.82) is 0 Å². The molecule has 0 aromatic heterocycles. The first-order valence-electron chi connectivity index (χ1n) is 3.52. The second-order valence-electron chi connectivity index (χ2n) is 2.96. The van der Waals surface area contributed by atoms with Crippen LogP contribution in [0.5, 0.6) is 0 Å². The maximum Gasteiger partial charge on any atom is 0.409 e. The van der Waals surface area contributed by atoms with E-state index in [0.717, 1.165) is 0 Å². The molecule has 2 rings (SSSR count). The van der Waals surface area contributed by atoms with Crippen molar-refractivity contribution >= 4 is 7.94 Å². The van der Waals surface area contributed by atoms with Crippen LogP contribution in [0.4, 0.5) is 0 Å². The minimum absolute atomic E-state index is 0.179. The smallest absolute Gasteiger partial charge is 0.172 e. The topological polar surface area (TPSA) is 27.7 Å². The normalized spacial score (nSPS) is 59.7. The van der Waals surface area contributed by atoms with Crippen LogP contribution < -0.4 is 0 Å². The number of hydrogen-bond acceptors (Lipinski definition) is 3. The van der Waals surface area contributed by atoms with Gasteiger partial charge in [-0.25, -0.2) is 0 Å². The summed E-state index contributed by atoms with van der Waals surface area (Å²) in [7, 11) is -1.84. The Kier molecular flexibility index (Phi) is 1.34. The second-order valence-corrected chi connectivity index (χ2v) is 5.14. The molecule has 0 aromatic rings. The van der Waals surface area contributed by atoms with Gasteiger partial charge in [0.1, 0.15) is 18.9 Å². The largest absolute Gasteiger partial charge is 0.409 e. The van der Waals surface area contributed by atoms with E-state index < -0.39 is 7.94 Å². The molecule has 0 saturated carbocycles. The molecule has 0 N–H and O–H groups in total. The first-order valence-corrected chi connectivity index (χ1v) is 5.51. The Morgan fingerprint density at radius 1 is 1.00 bits per heavy atom. The van der Waals surface area contributed by atoms with E-state index in [1.807, 2.05) is 20.5 Å². The van der Waals surface area contributed by atoms with Crippen molar-refractivity contribution in [2.24, 2.45) is 0 Å². The lowest BCUT2D eigenvalue weighted by molar-refractivity contribution is 0.0610. The molecule has 2 aliphatic rings. The monoisotopic (exact) mass is 163 g/mol. The summed E-state index contributed by atoms with van der Waals surface area (Å²) in [5, 5.41) is 0. The Morgan fingerprint density at radius 2 is 1.50 bits per heavy atom. The minimum Gasteiger partial charge on any atom is -0.172 e. The average molecular weight is 163 g/mol. The molecule has 2 fully saturated rings. The summed E-state index contributed by atoms with van der Waals surface area (Å²) in [6.07, 6.45) is 0.627. The van der Waals surface area contributed by atoms with Gasteiger partial charge in [0.25, 0.3) is 0 Å². The van der Waals surface area contributed by atoms with E-state index >= 15 is 0 Å². The summed E-state index contributed by atoms with van der Waals surface area (Å²) < 4.78 is 16.5. The first kappa shape index (κ1) is 6.99. The number of hydrogen-bond donors (Lipinski definition) is 0. The van der Waals surface area contributed by atoms with E-state index in [-0.39, 0.29) is 18.3 Å². The second kappa shape index (κ2) is 1.92. The fourth-order valence-electron chi connectivity index (χ4n) is 1.57. The van der Waals surface area contributed by atoms with E-state index in [1.165, 1.54) is 0 Å². The average Bonchev–Trinajstić information content (AvgIpc) is 2.17. The molecule has 2 unspecified atom stereocenters. The van der Waals surface area contributed by atoms with Crippen molar-refractivity contribution in [3.05, 3.63) is 0 Å². The van der Waals surface area contributed by atoms with Gasteiger partial charge in [0, 0.05) is 0 Å². The highest BCUT2D eigenvalue weighted by Crippen LogP contribution is 2.71. The van der Waals surface area contributed by atoms with Crippen molar-refractivity contribution < 1.29 is 13.6 Å². The predicted octanol–water partition coefficient (Wildman–Crippen LogP) is 1.60. The molecule has 4 heteroatoms. The Morgan fingerprint density at radius 3 is 1.70 bits per heavy atom. The zero-order chi connectivity index (χ0) is 7.35. The summed E-state index contributed by atoms with van der Waals surface area (Å²) in [4.78, 5) is 0. The van der Waals surface area contributed by atoms with Gasteiger partial charge in [-0.15, -0.1) is 0 Å². The molecule has 2 saturated heterocycles. The van der Waals surface area contributed by atoms with Gasteiger partial charge in [-0.3, -0.25) is 0 Å². The predicted molar refractivity (Wildman–Crippen MR) is 38.8 cm³/mol. The van der Waals surface area contributed by atoms with Crippen molar-refractivity contribution in [2.75, 3.05) is 6.66 Å². The number of rotatable bonds is 0. The Bertz CT molecular complexity index is 149. The summed E-state index contributed by atoms with van der Waals surface area (Å²) in [6, 6.07) is 0. The van der Waals surface area contributed by atoms with Crippen LogP contribution in [0.2, 0.25) is 0 Å². The van der Waals surface area contributed by atoms with Crippen LogP contribution in [0.15, 0.2) is 0 Å². The van der Waals surface area contributed by atoms with Gasteiger partial charge in [-0.1, -0.05) is 0 Å². The fraction of sp³-hybridized carbons (Fsp3) is 1.00. The van der Waals surface area contributed by atoms with Crippen LogP contribution in [-0.2, 0) is 13.6 Å². The van der Waals surface area contributed by atoms with E-state index in [1.54, 1.807) is 0 Å². The molecule has 2 atom stereocenters. The van der Waals surface area contributed by atoms with Crippen molar-refractivity contribution in [1.82, 2.24) is 0 Å². The van der Waals surface area contributed by atoms with E-state index in [0.29, 0.717) is 0 Å². The molecule has 2 bridgehead atoms. The van der Waals surface area contributed by atoms with Gasteiger partial charge in [0.2, 0.25) is 0 Å². The van der Waals surface area contributed by atoms with Crippen molar-refractivity contribution in [3.63, 3.8) is 0 Å². The zero-order valence-corrected chi connectivity index (χ0v) is 7.30. The van der Waals surface area contributed by atoms with E-state index in [9.17, 15) is 0 Å². The molecule has 10 heavy (non-hydrogen) atoms. The van der Waals surface area contributed by atoms with Crippen LogP contribution in [0, 0.1) is 0 Å². The highest BCUT2D eigenvalue weighted by molar-refractivity contribution is 7.61. The minimum atomic E-state index is -1.84. The molecule has 0 amide bonds. The summed E-state index contributed by atoms with van der Waals surface area (Å²) in [6.45, 7) is 6.00. The Hall–Kier alpha value is 0.310. The molecule has 0 aliphatic carbocycles. The molecule has 3 nitrogen and oxygen atoms in total. The third kappa shape index (κ3) is 0.817. The zero-order valence-electron chi connectivity index (χ0n) is 6.40. The summed E-state index contributed by atoms with van der Waals surface area (Å²) >= 11 is 0. The Labute approximate surface area is 61.2 Å². The van der Waals surface area contributed by atoms with Gasteiger partial charge in [0.05, 0.1) is 0 Å². The lowest BCUT2D eigenvalue weighted by Gasteiger charge is -2.15. The SMILES string of the molecule is CC1O[P+]2(C)OC(C)C1O2. The molecule has 0 radical (unpaired) electrons. The van der Waals surface area contributed by atoms with Gasteiger partial charge in [-0.05, 0) is 13.8 Å². The lowest BCUT2D eigenvalue weighted by atomic mass is 10.1. The molecule has 2 aliphatic heterocycles. The van der Waals surface area contributed by atoms with Gasteiger partial charge < -0.3 is 0 Å². The molecule has 2 heterocycles. The maximum atomic E-state index is 5.55. The molecule has 58 valence electrons. The van der Waals surface area contributed by atoms with Crippen LogP contribution in [-0.4, -0.2) is 25.0 Å². The highest BCUT2D eigenvalue weighted by atomic mass is 31.2. The maximum absolute atomic E-state index is 5.55. The van der Waals surface area contributed by atoms with Crippen molar-refractivity contribution in [3.8, 4) is 0 Å². The molecular formula is C6H12O3P+. The lowest BCUT2D eigenvalue weighted by Crippen LogP contribution is -2.31. The van der Waals surface area contributed by atoms with Crippen LogP contribution >= 0.6 is 7.94 Å². The van der Waals surface area contributed by atoms with Crippen LogP contribution in [0.1, 0.15) is 13.8 Å². The third-order valence-electron chi connectivity index (χ3n) is 1.95. The van der Waals surface area contributed by atoms with E-state index in [2.05, 4.69) is 0 Å². The van der Waals surface area contributed by atoms with Crippen LogP contribution in [0.3, 0.4) is 0 Å². The molecule has 0 spiro atoms. The molecular weight excluding hydrogens is 151 g/mol. The van der Waals surface area contributed by atoms with Crippen LogP contribution in [0.25, 0.3) is 0 Å². The summed E-state index contributed by atoms with van der Waals surface area (Å²) in [5.74, 6) is 0. The quantitative estimate of drug-likeness (QED) is 0.507. The van der Waals surface area contributed by atoms with Crippen molar-refractivity contribution in [2.45, 2.75) is 32.2 Å². The standard InChI is InChI=1S/C6H12O3P/c1-4-6-5(2)8-10(3,7-4)9-6/h4-6H,1-3H3/q+1. The number of fused-ring (bicyclic) bond motifs is 2. The van der Waals surface area contributed by atoms with E-state index in [4.69, 9.17) is 13.6 Å². The summed E-state index contributed by atoms with van der Waals surface area (Å²) in [5.41, 5.74) is 0. The van der Waals surface area contributed by atoms with Gasteiger partial charge in [0.15, 0.2) is 6.10 Å². The van der Waals surface area contributed by atoms with Gasteiger partial charge in [-0.2, -0.15) is 13.6 Å². The first-order chi connectivity index (χ1) is 4.61. The molecule has 0 aromatic carbocycles. The highest BCUT2D eigenvalue weighted by Gasteiger charge is 2.63. The Balaban J connectivity index is 2.21. The fourth-order valence-corrected chi connectivity index (χ4v) is 3.95.